The lowest BCUT2D eigenvalue weighted by Gasteiger charge is -2.34. The highest BCUT2D eigenvalue weighted by molar-refractivity contribution is 6.30. The molecule has 0 bridgehead atoms. The van der Waals surface area contributed by atoms with Crippen molar-refractivity contribution in [1.29, 1.82) is 0 Å². The van der Waals surface area contributed by atoms with Gasteiger partial charge in [-0.2, -0.15) is 0 Å². The van der Waals surface area contributed by atoms with Crippen molar-refractivity contribution in [3.8, 4) is 11.1 Å². The molecule has 28 heavy (non-hydrogen) atoms. The van der Waals surface area contributed by atoms with Crippen molar-refractivity contribution in [2.45, 2.75) is 6.54 Å². The number of hydrogen-bond acceptors (Lipinski definition) is 2. The van der Waals surface area contributed by atoms with Crippen molar-refractivity contribution in [2.24, 2.45) is 0 Å². The number of amides is 1. The fraction of sp³-hybridized carbons (Fsp3) is 0.208. The predicted octanol–water partition coefficient (Wildman–Crippen LogP) is 4.97. The highest BCUT2D eigenvalue weighted by Crippen LogP contribution is 2.20. The summed E-state index contributed by atoms with van der Waals surface area (Å²) in [6.07, 6.45) is 0. The first kappa shape index (κ1) is 18.7. The van der Waals surface area contributed by atoms with Crippen LogP contribution in [0.25, 0.3) is 11.1 Å². The number of rotatable bonds is 4. The Morgan fingerprint density at radius 2 is 1.36 bits per heavy atom. The van der Waals surface area contributed by atoms with E-state index in [1.54, 1.807) is 0 Å². The van der Waals surface area contributed by atoms with Crippen LogP contribution in [-0.2, 0) is 6.54 Å². The Kier molecular flexibility index (Phi) is 5.75. The Bertz CT molecular complexity index is 915. The SMILES string of the molecule is O=C(c1ccc(-c2ccccc2)cc1)N1CCN(Cc2ccc(Cl)cc2)CC1. The van der Waals surface area contributed by atoms with Crippen LogP contribution in [0, 0.1) is 0 Å². The third-order valence-corrected chi connectivity index (χ3v) is 5.47. The van der Waals surface area contributed by atoms with Gasteiger partial charge in [-0.15, -0.1) is 0 Å². The zero-order valence-corrected chi connectivity index (χ0v) is 16.5. The molecular weight excluding hydrogens is 368 g/mol. The molecule has 0 radical (unpaired) electrons. The van der Waals surface area contributed by atoms with Gasteiger partial charge in [-0.1, -0.05) is 66.2 Å². The number of piperazine rings is 1. The molecule has 4 rings (SSSR count). The quantitative estimate of drug-likeness (QED) is 0.628. The molecule has 142 valence electrons. The monoisotopic (exact) mass is 390 g/mol. The van der Waals surface area contributed by atoms with Crippen molar-refractivity contribution in [3.05, 3.63) is 95.0 Å². The van der Waals surface area contributed by atoms with Crippen LogP contribution in [0.5, 0.6) is 0 Å². The van der Waals surface area contributed by atoms with Gasteiger partial charge in [0.25, 0.3) is 5.91 Å². The maximum atomic E-state index is 12.8. The molecule has 0 atom stereocenters. The second-order valence-corrected chi connectivity index (χ2v) is 7.57. The third-order valence-electron chi connectivity index (χ3n) is 5.22. The van der Waals surface area contributed by atoms with Crippen LogP contribution in [0.15, 0.2) is 78.9 Å². The zero-order chi connectivity index (χ0) is 19.3. The van der Waals surface area contributed by atoms with Gasteiger partial charge >= 0.3 is 0 Å². The van der Waals surface area contributed by atoms with E-state index in [1.165, 1.54) is 5.56 Å². The van der Waals surface area contributed by atoms with Gasteiger partial charge in [0.15, 0.2) is 0 Å². The maximum absolute atomic E-state index is 12.8. The molecule has 3 aromatic carbocycles. The van der Waals surface area contributed by atoms with E-state index in [4.69, 9.17) is 11.6 Å². The van der Waals surface area contributed by atoms with Gasteiger partial charge in [0.05, 0.1) is 0 Å². The summed E-state index contributed by atoms with van der Waals surface area (Å²) in [7, 11) is 0. The minimum absolute atomic E-state index is 0.116. The highest BCUT2D eigenvalue weighted by atomic mass is 35.5. The molecule has 3 aromatic rings. The average Bonchev–Trinajstić information content (AvgIpc) is 2.76. The molecule has 0 saturated carbocycles. The third kappa shape index (κ3) is 4.44. The first-order valence-electron chi connectivity index (χ1n) is 9.60. The number of nitrogens with zero attached hydrogens (tertiary/aromatic N) is 2. The molecule has 0 N–H and O–H groups in total. The predicted molar refractivity (Wildman–Crippen MR) is 115 cm³/mol. The Labute approximate surface area is 171 Å². The Morgan fingerprint density at radius 1 is 0.750 bits per heavy atom. The molecule has 0 aliphatic carbocycles. The van der Waals surface area contributed by atoms with Crippen LogP contribution in [0.3, 0.4) is 0 Å². The highest BCUT2D eigenvalue weighted by Gasteiger charge is 2.22. The summed E-state index contributed by atoms with van der Waals surface area (Å²) in [4.78, 5) is 17.2. The van der Waals surface area contributed by atoms with E-state index in [-0.39, 0.29) is 5.91 Å². The Hall–Kier alpha value is -2.62. The van der Waals surface area contributed by atoms with Gasteiger partial charge in [-0.05, 0) is 41.0 Å². The van der Waals surface area contributed by atoms with Crippen LogP contribution in [0.1, 0.15) is 15.9 Å². The number of halogens is 1. The van der Waals surface area contributed by atoms with Gasteiger partial charge in [-0.3, -0.25) is 9.69 Å². The topological polar surface area (TPSA) is 23.6 Å². The number of hydrogen-bond donors (Lipinski definition) is 0. The summed E-state index contributed by atoms with van der Waals surface area (Å²) in [6.45, 7) is 4.18. The fourth-order valence-corrected chi connectivity index (χ4v) is 3.70. The molecule has 1 fully saturated rings. The average molecular weight is 391 g/mol. The lowest BCUT2D eigenvalue weighted by Crippen LogP contribution is -2.48. The molecule has 4 heteroatoms. The van der Waals surface area contributed by atoms with E-state index in [1.807, 2.05) is 59.5 Å². The normalized spacial score (nSPS) is 14.8. The van der Waals surface area contributed by atoms with Gasteiger partial charge in [-0.25, -0.2) is 0 Å². The molecule has 1 heterocycles. The van der Waals surface area contributed by atoms with E-state index in [0.29, 0.717) is 0 Å². The van der Waals surface area contributed by atoms with Gasteiger partial charge in [0, 0.05) is 43.3 Å². The van der Waals surface area contributed by atoms with Crippen LogP contribution in [0.4, 0.5) is 0 Å². The van der Waals surface area contributed by atoms with E-state index in [9.17, 15) is 4.79 Å². The Balaban J connectivity index is 1.34. The fourth-order valence-electron chi connectivity index (χ4n) is 3.58. The van der Waals surface area contributed by atoms with E-state index < -0.39 is 0 Å². The summed E-state index contributed by atoms with van der Waals surface area (Å²) < 4.78 is 0. The number of benzene rings is 3. The lowest BCUT2D eigenvalue weighted by atomic mass is 10.0. The second kappa shape index (κ2) is 8.59. The summed E-state index contributed by atoms with van der Waals surface area (Å²) in [6, 6.07) is 26.1. The molecule has 0 unspecified atom stereocenters. The van der Waals surface area contributed by atoms with Crippen molar-refractivity contribution in [2.75, 3.05) is 26.2 Å². The van der Waals surface area contributed by atoms with Gasteiger partial charge < -0.3 is 4.90 Å². The summed E-state index contributed by atoms with van der Waals surface area (Å²) in [5.41, 5.74) is 4.30. The van der Waals surface area contributed by atoms with Gasteiger partial charge in [0.2, 0.25) is 0 Å². The second-order valence-electron chi connectivity index (χ2n) is 7.14. The van der Waals surface area contributed by atoms with Crippen LogP contribution >= 0.6 is 11.6 Å². The Morgan fingerprint density at radius 3 is 2.00 bits per heavy atom. The van der Waals surface area contributed by atoms with Crippen molar-refractivity contribution in [3.63, 3.8) is 0 Å². The molecule has 1 amide bonds. The number of carbonyl (C=O) groups excluding carboxylic acids is 1. The first-order chi connectivity index (χ1) is 13.7. The standard InChI is InChI=1S/C24H23ClN2O/c25-23-12-6-19(7-13-23)18-26-14-16-27(17-15-26)24(28)22-10-8-21(9-11-22)20-4-2-1-3-5-20/h1-13H,14-18H2. The maximum Gasteiger partial charge on any atom is 0.253 e. The molecule has 0 aromatic heterocycles. The minimum atomic E-state index is 0.116. The van der Waals surface area contributed by atoms with Crippen molar-refractivity contribution >= 4 is 17.5 Å². The number of carbonyl (C=O) groups is 1. The van der Waals surface area contributed by atoms with E-state index in [2.05, 4.69) is 29.2 Å². The van der Waals surface area contributed by atoms with Gasteiger partial charge in [0.1, 0.15) is 0 Å². The lowest BCUT2D eigenvalue weighted by molar-refractivity contribution is 0.0628. The molecule has 1 aliphatic rings. The molecule has 3 nitrogen and oxygen atoms in total. The van der Waals surface area contributed by atoms with Crippen molar-refractivity contribution < 1.29 is 4.79 Å². The molecular formula is C24H23ClN2O. The van der Waals surface area contributed by atoms with Crippen LogP contribution in [-0.4, -0.2) is 41.9 Å². The van der Waals surface area contributed by atoms with E-state index >= 15 is 0 Å². The zero-order valence-electron chi connectivity index (χ0n) is 15.7. The molecule has 0 spiro atoms. The largest absolute Gasteiger partial charge is 0.336 e. The minimum Gasteiger partial charge on any atom is -0.336 e. The summed E-state index contributed by atoms with van der Waals surface area (Å²) >= 11 is 5.95. The van der Waals surface area contributed by atoms with E-state index in [0.717, 1.165) is 54.4 Å². The molecule has 1 saturated heterocycles. The molecule has 1 aliphatic heterocycles. The van der Waals surface area contributed by atoms with Crippen molar-refractivity contribution in [1.82, 2.24) is 9.80 Å². The van der Waals surface area contributed by atoms with Crippen LogP contribution < -0.4 is 0 Å². The summed E-state index contributed by atoms with van der Waals surface area (Å²) in [5.74, 6) is 0.116. The van der Waals surface area contributed by atoms with Crippen LogP contribution in [0.2, 0.25) is 5.02 Å². The first-order valence-corrected chi connectivity index (χ1v) is 9.98. The summed E-state index contributed by atoms with van der Waals surface area (Å²) in [5, 5.41) is 0.762. The smallest absolute Gasteiger partial charge is 0.253 e.